The molecule has 18 heavy (non-hydrogen) atoms. The van der Waals surface area contributed by atoms with Gasteiger partial charge >= 0.3 is 0 Å². The summed E-state index contributed by atoms with van der Waals surface area (Å²) in [7, 11) is 0. The van der Waals surface area contributed by atoms with Gasteiger partial charge in [-0.25, -0.2) is 0 Å². The number of nitrogens with one attached hydrogen (secondary N) is 1. The van der Waals surface area contributed by atoms with E-state index in [2.05, 4.69) is 10.5 Å². The number of nitrogens with zero attached hydrogens (tertiary/aromatic N) is 1. The van der Waals surface area contributed by atoms with Crippen LogP contribution in [0.3, 0.4) is 0 Å². The van der Waals surface area contributed by atoms with Gasteiger partial charge in [0, 0.05) is 23.4 Å². The van der Waals surface area contributed by atoms with Crippen LogP contribution in [0.4, 0.5) is 5.69 Å². The summed E-state index contributed by atoms with van der Waals surface area (Å²) < 4.78 is 5.17. The molecule has 0 spiro atoms. The number of hydrogen-bond donors (Lipinski definition) is 2. The van der Waals surface area contributed by atoms with Gasteiger partial charge in [-0.3, -0.25) is 4.79 Å². The summed E-state index contributed by atoms with van der Waals surface area (Å²) in [6.07, 6.45) is 0.415. The minimum atomic E-state index is 0.0255. The topological polar surface area (TPSA) is 81.2 Å². The molecule has 1 aromatic carbocycles. The number of rotatable bonds is 2. The van der Waals surface area contributed by atoms with E-state index in [0.29, 0.717) is 13.0 Å². The summed E-state index contributed by atoms with van der Waals surface area (Å²) in [6.45, 7) is 2.23. The molecule has 1 aliphatic rings. The summed E-state index contributed by atoms with van der Waals surface area (Å²) in [6, 6.07) is 5.77. The molecule has 3 N–H and O–H groups in total. The molecule has 5 nitrogen and oxygen atoms in total. The number of fused-ring (bicyclic) bond motifs is 1. The lowest BCUT2D eigenvalue weighted by Crippen LogP contribution is -2.03. The average molecular weight is 243 g/mol. The van der Waals surface area contributed by atoms with Gasteiger partial charge in [0.25, 0.3) is 0 Å². The molecule has 0 atom stereocenters. The zero-order chi connectivity index (χ0) is 12.7. The molecular formula is C13H13N3O2. The van der Waals surface area contributed by atoms with Crippen molar-refractivity contribution in [1.82, 2.24) is 5.16 Å². The van der Waals surface area contributed by atoms with Crippen LogP contribution < -0.4 is 11.1 Å². The Labute approximate surface area is 104 Å². The maximum absolute atomic E-state index is 11.3. The van der Waals surface area contributed by atoms with Crippen molar-refractivity contribution in [1.29, 1.82) is 0 Å². The molecule has 0 aliphatic carbocycles. The first-order valence-corrected chi connectivity index (χ1v) is 5.77. The number of aromatic nitrogens is 1. The number of carbonyl (C=O) groups is 1. The Morgan fingerprint density at radius 3 is 3.11 bits per heavy atom. The van der Waals surface area contributed by atoms with Crippen molar-refractivity contribution in [3.05, 3.63) is 35.1 Å². The third-order valence-electron chi connectivity index (χ3n) is 3.19. The molecule has 0 saturated heterocycles. The number of carbonyl (C=O) groups excluding carboxylic acids is 1. The number of anilines is 1. The summed E-state index contributed by atoms with van der Waals surface area (Å²) >= 11 is 0. The van der Waals surface area contributed by atoms with E-state index in [4.69, 9.17) is 10.3 Å². The fourth-order valence-electron chi connectivity index (χ4n) is 2.23. The number of nitrogens with two attached hydrogens (primary N) is 1. The van der Waals surface area contributed by atoms with Crippen molar-refractivity contribution in [2.75, 3.05) is 5.32 Å². The van der Waals surface area contributed by atoms with Crippen molar-refractivity contribution in [3.8, 4) is 11.3 Å². The Morgan fingerprint density at radius 2 is 2.33 bits per heavy atom. The highest BCUT2D eigenvalue weighted by Gasteiger charge is 2.20. The largest absolute Gasteiger partial charge is 0.361 e. The van der Waals surface area contributed by atoms with E-state index in [1.807, 2.05) is 25.1 Å². The molecule has 0 radical (unpaired) electrons. The first-order valence-electron chi connectivity index (χ1n) is 5.77. The van der Waals surface area contributed by atoms with Crippen LogP contribution in [-0.4, -0.2) is 11.1 Å². The van der Waals surface area contributed by atoms with Crippen molar-refractivity contribution in [2.45, 2.75) is 19.9 Å². The lowest BCUT2D eigenvalue weighted by Gasteiger charge is -2.03. The third kappa shape index (κ3) is 1.60. The van der Waals surface area contributed by atoms with Gasteiger partial charge < -0.3 is 15.6 Å². The first-order chi connectivity index (χ1) is 8.69. The molecule has 5 heteroatoms. The smallest absolute Gasteiger partial charge is 0.228 e. The normalized spacial score (nSPS) is 13.6. The Kier molecular flexibility index (Phi) is 2.41. The SMILES string of the molecule is Cc1onc(-c2ccc3c(c2)CC(=O)N3)c1CN. The van der Waals surface area contributed by atoms with Crippen LogP contribution >= 0.6 is 0 Å². The highest BCUT2D eigenvalue weighted by atomic mass is 16.5. The van der Waals surface area contributed by atoms with E-state index in [1.54, 1.807) is 0 Å². The molecular weight excluding hydrogens is 230 g/mol. The molecule has 3 rings (SSSR count). The summed E-state index contributed by atoms with van der Waals surface area (Å²) in [5.41, 5.74) is 10.2. The predicted octanol–water partition coefficient (Wildman–Crippen LogP) is 1.60. The fraction of sp³-hybridized carbons (Fsp3) is 0.231. The highest BCUT2D eigenvalue weighted by molar-refractivity contribution is 5.99. The summed E-state index contributed by atoms with van der Waals surface area (Å²) in [5, 5.41) is 6.84. The van der Waals surface area contributed by atoms with E-state index in [9.17, 15) is 4.79 Å². The van der Waals surface area contributed by atoms with Gasteiger partial charge in [0.2, 0.25) is 5.91 Å². The molecule has 92 valence electrons. The van der Waals surface area contributed by atoms with Gasteiger partial charge in [-0.15, -0.1) is 0 Å². The maximum atomic E-state index is 11.3. The van der Waals surface area contributed by atoms with Crippen molar-refractivity contribution < 1.29 is 9.32 Å². The second-order valence-electron chi connectivity index (χ2n) is 4.37. The average Bonchev–Trinajstić information content (AvgIpc) is 2.89. The van der Waals surface area contributed by atoms with E-state index < -0.39 is 0 Å². The second kappa shape index (κ2) is 3.96. The zero-order valence-corrected chi connectivity index (χ0v) is 9.99. The second-order valence-corrected chi connectivity index (χ2v) is 4.37. The van der Waals surface area contributed by atoms with E-state index in [-0.39, 0.29) is 5.91 Å². The molecule has 2 heterocycles. The Morgan fingerprint density at radius 1 is 1.50 bits per heavy atom. The Bertz CT molecular complexity index is 631. The lowest BCUT2D eigenvalue weighted by atomic mass is 10.0. The van der Waals surface area contributed by atoms with Gasteiger partial charge in [-0.05, 0) is 24.6 Å². The van der Waals surface area contributed by atoms with Gasteiger partial charge in [-0.1, -0.05) is 11.2 Å². The minimum absolute atomic E-state index is 0.0255. The van der Waals surface area contributed by atoms with Crippen molar-refractivity contribution in [2.24, 2.45) is 5.73 Å². The predicted molar refractivity (Wildman–Crippen MR) is 66.9 cm³/mol. The van der Waals surface area contributed by atoms with Crippen LogP contribution in [0.15, 0.2) is 22.7 Å². The minimum Gasteiger partial charge on any atom is -0.361 e. The van der Waals surface area contributed by atoms with Crippen LogP contribution in [0, 0.1) is 6.92 Å². The van der Waals surface area contributed by atoms with Crippen LogP contribution in [-0.2, 0) is 17.8 Å². The maximum Gasteiger partial charge on any atom is 0.228 e. The fourth-order valence-corrected chi connectivity index (χ4v) is 2.23. The Balaban J connectivity index is 2.08. The molecule has 0 saturated carbocycles. The van der Waals surface area contributed by atoms with Crippen LogP contribution in [0.1, 0.15) is 16.9 Å². The van der Waals surface area contributed by atoms with Crippen molar-refractivity contribution in [3.63, 3.8) is 0 Å². The van der Waals surface area contributed by atoms with E-state index >= 15 is 0 Å². The number of hydrogen-bond acceptors (Lipinski definition) is 4. The lowest BCUT2D eigenvalue weighted by molar-refractivity contribution is -0.115. The number of amides is 1. The molecule has 2 aromatic rings. The standard InChI is InChI=1S/C13H13N3O2/c1-7-10(6-14)13(16-18-7)8-2-3-11-9(4-8)5-12(17)15-11/h2-4H,5-6,14H2,1H3,(H,15,17). The van der Waals surface area contributed by atoms with Crippen LogP contribution in [0.25, 0.3) is 11.3 Å². The molecule has 1 aliphatic heterocycles. The zero-order valence-electron chi connectivity index (χ0n) is 9.99. The number of benzene rings is 1. The molecule has 0 fully saturated rings. The molecule has 1 amide bonds. The van der Waals surface area contributed by atoms with Crippen LogP contribution in [0.2, 0.25) is 0 Å². The summed E-state index contributed by atoms with van der Waals surface area (Å²) in [4.78, 5) is 11.3. The third-order valence-corrected chi connectivity index (χ3v) is 3.19. The van der Waals surface area contributed by atoms with Crippen molar-refractivity contribution >= 4 is 11.6 Å². The van der Waals surface area contributed by atoms with Gasteiger partial charge in [0.05, 0.1) is 6.42 Å². The monoisotopic (exact) mass is 243 g/mol. The quantitative estimate of drug-likeness (QED) is 0.839. The van der Waals surface area contributed by atoms with E-state index in [0.717, 1.165) is 33.8 Å². The highest BCUT2D eigenvalue weighted by Crippen LogP contribution is 2.30. The van der Waals surface area contributed by atoms with Crippen LogP contribution in [0.5, 0.6) is 0 Å². The summed E-state index contributed by atoms with van der Waals surface area (Å²) in [5.74, 6) is 0.764. The first kappa shape index (κ1) is 11.0. The molecule has 0 bridgehead atoms. The molecule has 1 aromatic heterocycles. The Hall–Kier alpha value is -2.14. The number of aryl methyl sites for hydroxylation is 1. The molecule has 0 unspecified atom stereocenters. The van der Waals surface area contributed by atoms with E-state index in [1.165, 1.54) is 0 Å². The van der Waals surface area contributed by atoms with Gasteiger partial charge in [0.15, 0.2) is 0 Å². The van der Waals surface area contributed by atoms with Gasteiger partial charge in [0.1, 0.15) is 11.5 Å². The van der Waals surface area contributed by atoms with Gasteiger partial charge in [-0.2, -0.15) is 0 Å².